The van der Waals surface area contributed by atoms with E-state index in [1.165, 1.54) is 0 Å². The molecule has 1 amide bonds. The molecule has 0 saturated carbocycles. The largest absolute Gasteiger partial charge is 0.478 e. The Labute approximate surface area is 106 Å². The van der Waals surface area contributed by atoms with Gasteiger partial charge in [-0.1, -0.05) is 0 Å². The Balaban J connectivity index is 1.96. The summed E-state index contributed by atoms with van der Waals surface area (Å²) < 4.78 is 5.32. The second-order valence-electron chi connectivity index (χ2n) is 4.31. The van der Waals surface area contributed by atoms with Crippen LogP contribution in [0, 0.1) is 0 Å². The molecule has 1 atom stereocenters. The second-order valence-corrected chi connectivity index (χ2v) is 4.31. The minimum atomic E-state index is 0.192. The van der Waals surface area contributed by atoms with Gasteiger partial charge in [-0.2, -0.15) is 4.98 Å². The number of nitrogens with zero attached hydrogens (tertiary/aromatic N) is 3. The van der Waals surface area contributed by atoms with Crippen LogP contribution in [0.15, 0.2) is 12.3 Å². The van der Waals surface area contributed by atoms with Gasteiger partial charge in [0.25, 0.3) is 0 Å². The Morgan fingerprint density at radius 1 is 1.61 bits per heavy atom. The number of amides is 1. The number of hydrogen-bond acceptors (Lipinski definition) is 5. The highest BCUT2D eigenvalue weighted by Crippen LogP contribution is 2.15. The number of likely N-dealkylation sites (tertiary alicyclic amines) is 1. The minimum absolute atomic E-state index is 0.192. The van der Waals surface area contributed by atoms with Crippen LogP contribution in [0.5, 0.6) is 5.88 Å². The summed E-state index contributed by atoms with van der Waals surface area (Å²) >= 11 is 0. The molecular formula is C12H18N4O2. The van der Waals surface area contributed by atoms with Gasteiger partial charge < -0.3 is 15.0 Å². The molecule has 18 heavy (non-hydrogen) atoms. The summed E-state index contributed by atoms with van der Waals surface area (Å²) in [6, 6.07) is 1.93. The quantitative estimate of drug-likeness (QED) is 0.860. The second kappa shape index (κ2) is 5.66. The molecule has 6 heteroatoms. The van der Waals surface area contributed by atoms with Gasteiger partial charge >= 0.3 is 0 Å². The van der Waals surface area contributed by atoms with Crippen molar-refractivity contribution in [2.24, 2.45) is 0 Å². The Bertz CT molecular complexity index is 424. The molecule has 0 bridgehead atoms. The molecule has 0 aromatic carbocycles. The van der Waals surface area contributed by atoms with Crippen molar-refractivity contribution < 1.29 is 9.53 Å². The number of anilines is 1. The van der Waals surface area contributed by atoms with Crippen molar-refractivity contribution in [3.8, 4) is 5.88 Å². The number of carbonyl (C=O) groups is 1. The molecule has 1 aliphatic rings. The molecule has 0 aliphatic carbocycles. The van der Waals surface area contributed by atoms with E-state index >= 15 is 0 Å². The van der Waals surface area contributed by atoms with Gasteiger partial charge in [-0.05, 0) is 13.3 Å². The highest BCUT2D eigenvalue weighted by molar-refractivity contribution is 5.76. The van der Waals surface area contributed by atoms with Gasteiger partial charge in [-0.3, -0.25) is 4.79 Å². The molecule has 1 aromatic heterocycles. The molecule has 0 spiro atoms. The topological polar surface area (TPSA) is 67.3 Å². The molecule has 98 valence electrons. The van der Waals surface area contributed by atoms with Crippen molar-refractivity contribution in [3.63, 3.8) is 0 Å². The molecule has 1 N–H and O–H groups in total. The smallest absolute Gasteiger partial charge is 0.226 e. The summed E-state index contributed by atoms with van der Waals surface area (Å²) in [6.45, 7) is 3.18. The maximum absolute atomic E-state index is 11.4. The number of nitrogens with one attached hydrogen (secondary N) is 1. The van der Waals surface area contributed by atoms with Crippen LogP contribution in [0.4, 0.5) is 5.95 Å². The third-order valence-corrected chi connectivity index (χ3v) is 2.88. The molecule has 2 heterocycles. The average Bonchev–Trinajstić information content (AvgIpc) is 2.35. The zero-order valence-electron chi connectivity index (χ0n) is 10.7. The number of piperidine rings is 1. The predicted molar refractivity (Wildman–Crippen MR) is 67.5 cm³/mol. The number of rotatable bonds is 4. The minimum Gasteiger partial charge on any atom is -0.478 e. The summed E-state index contributed by atoms with van der Waals surface area (Å²) in [5.74, 6) is 1.31. The first-order chi connectivity index (χ1) is 8.69. The van der Waals surface area contributed by atoms with Gasteiger partial charge in [-0.25, -0.2) is 4.98 Å². The normalized spacial score (nSPS) is 19.8. The first-order valence-corrected chi connectivity index (χ1v) is 6.15. The van der Waals surface area contributed by atoms with E-state index in [9.17, 15) is 4.79 Å². The number of ether oxygens (including phenoxy) is 1. The monoisotopic (exact) mass is 250 g/mol. The van der Waals surface area contributed by atoms with Crippen LogP contribution >= 0.6 is 0 Å². The van der Waals surface area contributed by atoms with Crippen LogP contribution in [-0.2, 0) is 4.79 Å². The summed E-state index contributed by atoms with van der Waals surface area (Å²) in [5, 5.41) is 3.23. The fraction of sp³-hybridized carbons (Fsp3) is 0.583. The standard InChI is InChI=1S/C12H18N4O2/c1-3-18-10-6-7-13-12(15-10)14-9-4-5-11(17)16(2)8-9/h6-7,9H,3-5,8H2,1-2H3,(H,13,14,15). The molecule has 1 unspecified atom stereocenters. The fourth-order valence-corrected chi connectivity index (χ4v) is 1.95. The number of carbonyl (C=O) groups excluding carboxylic acids is 1. The predicted octanol–water partition coefficient (Wildman–Crippen LogP) is 0.908. The molecule has 1 aromatic rings. The van der Waals surface area contributed by atoms with Crippen molar-refractivity contribution in [2.45, 2.75) is 25.8 Å². The van der Waals surface area contributed by atoms with Crippen molar-refractivity contribution in [1.29, 1.82) is 0 Å². The molecule has 6 nitrogen and oxygen atoms in total. The van der Waals surface area contributed by atoms with Gasteiger partial charge in [0.1, 0.15) is 0 Å². The maximum Gasteiger partial charge on any atom is 0.226 e. The van der Waals surface area contributed by atoms with Gasteiger partial charge in [0.05, 0.1) is 6.61 Å². The summed E-state index contributed by atoms with van der Waals surface area (Å²) in [5.41, 5.74) is 0. The van der Waals surface area contributed by atoms with Crippen molar-refractivity contribution >= 4 is 11.9 Å². The van der Waals surface area contributed by atoms with E-state index in [0.717, 1.165) is 6.42 Å². The highest BCUT2D eigenvalue weighted by Gasteiger charge is 2.23. The lowest BCUT2D eigenvalue weighted by Crippen LogP contribution is -2.43. The zero-order valence-corrected chi connectivity index (χ0v) is 10.7. The van der Waals surface area contributed by atoms with E-state index in [0.29, 0.717) is 31.4 Å². The van der Waals surface area contributed by atoms with Crippen molar-refractivity contribution in [1.82, 2.24) is 14.9 Å². The summed E-state index contributed by atoms with van der Waals surface area (Å²) in [7, 11) is 1.81. The van der Waals surface area contributed by atoms with Crippen molar-refractivity contribution in [2.75, 3.05) is 25.5 Å². The zero-order chi connectivity index (χ0) is 13.0. The van der Waals surface area contributed by atoms with Gasteiger partial charge in [0.2, 0.25) is 17.7 Å². The van der Waals surface area contributed by atoms with Gasteiger partial charge in [-0.15, -0.1) is 0 Å². The molecule has 1 aliphatic heterocycles. The Kier molecular flexibility index (Phi) is 3.96. The van der Waals surface area contributed by atoms with Crippen LogP contribution in [0.2, 0.25) is 0 Å². The first-order valence-electron chi connectivity index (χ1n) is 6.15. The van der Waals surface area contributed by atoms with E-state index in [1.54, 1.807) is 17.2 Å². The van der Waals surface area contributed by atoms with E-state index in [4.69, 9.17) is 4.74 Å². The third-order valence-electron chi connectivity index (χ3n) is 2.88. The van der Waals surface area contributed by atoms with Crippen molar-refractivity contribution in [3.05, 3.63) is 12.3 Å². The highest BCUT2D eigenvalue weighted by atomic mass is 16.5. The summed E-state index contributed by atoms with van der Waals surface area (Å²) in [6.07, 6.45) is 3.04. The van der Waals surface area contributed by atoms with Crippen LogP contribution in [0.25, 0.3) is 0 Å². The summed E-state index contributed by atoms with van der Waals surface area (Å²) in [4.78, 5) is 21.5. The molecule has 0 radical (unpaired) electrons. The molecule has 1 saturated heterocycles. The third kappa shape index (κ3) is 3.09. The van der Waals surface area contributed by atoms with Crippen LogP contribution in [0.1, 0.15) is 19.8 Å². The van der Waals surface area contributed by atoms with Crippen LogP contribution in [0.3, 0.4) is 0 Å². The molecular weight excluding hydrogens is 232 g/mol. The van der Waals surface area contributed by atoms with Gasteiger partial charge in [0, 0.05) is 38.3 Å². The van der Waals surface area contributed by atoms with Gasteiger partial charge in [0.15, 0.2) is 0 Å². The lowest BCUT2D eigenvalue weighted by atomic mass is 10.1. The molecule has 2 rings (SSSR count). The number of aromatic nitrogens is 2. The fourth-order valence-electron chi connectivity index (χ4n) is 1.95. The SMILES string of the molecule is CCOc1ccnc(NC2CCC(=O)N(C)C2)n1. The lowest BCUT2D eigenvalue weighted by Gasteiger charge is -2.30. The first kappa shape index (κ1) is 12.6. The Morgan fingerprint density at radius 2 is 2.44 bits per heavy atom. The van der Waals surface area contributed by atoms with E-state index in [2.05, 4.69) is 15.3 Å². The number of likely N-dealkylation sites (N-methyl/N-ethyl adjacent to an activating group) is 1. The lowest BCUT2D eigenvalue weighted by molar-refractivity contribution is -0.132. The molecule has 1 fully saturated rings. The van der Waals surface area contributed by atoms with Crippen LogP contribution < -0.4 is 10.1 Å². The number of hydrogen-bond donors (Lipinski definition) is 1. The average molecular weight is 250 g/mol. The van der Waals surface area contributed by atoms with Crippen LogP contribution in [-0.4, -0.2) is 47.0 Å². The van der Waals surface area contributed by atoms with E-state index < -0.39 is 0 Å². The van der Waals surface area contributed by atoms with E-state index in [1.807, 2.05) is 14.0 Å². The van der Waals surface area contributed by atoms with E-state index in [-0.39, 0.29) is 11.9 Å². The Hall–Kier alpha value is -1.85. The Morgan fingerprint density at radius 3 is 3.17 bits per heavy atom. The maximum atomic E-state index is 11.4.